The third-order valence-corrected chi connectivity index (χ3v) is 2.90. The minimum absolute atomic E-state index is 0.149. The predicted octanol–water partition coefficient (Wildman–Crippen LogP) is -3.41. The molecule has 0 aliphatic heterocycles. The van der Waals surface area contributed by atoms with Crippen molar-refractivity contribution >= 4 is 46.6 Å². The summed E-state index contributed by atoms with van der Waals surface area (Å²) in [6, 6.07) is 0. The normalized spacial score (nSPS) is 15.8. The summed E-state index contributed by atoms with van der Waals surface area (Å²) in [7, 11) is 3.15. The van der Waals surface area contributed by atoms with Crippen molar-refractivity contribution in [1.82, 2.24) is 21.5 Å². The van der Waals surface area contributed by atoms with Crippen molar-refractivity contribution in [3.05, 3.63) is 0 Å². The van der Waals surface area contributed by atoms with Gasteiger partial charge in [0, 0.05) is 14.1 Å². The van der Waals surface area contributed by atoms with Gasteiger partial charge in [-0.05, 0) is 24.4 Å². The van der Waals surface area contributed by atoms with E-state index in [9.17, 15) is 15.3 Å². The summed E-state index contributed by atoms with van der Waals surface area (Å²) in [6.45, 7) is -0.729. The van der Waals surface area contributed by atoms with Crippen LogP contribution in [0.4, 0.5) is 0 Å². The SMILES string of the molecule is CNC(=S)N/N=C/C(=N\NC(=S)NC)[C@@H](O)[C@H](O)[C@H](O)CO. The molecule has 0 amide bonds. The molecular formula is C10H20N6O4S2. The van der Waals surface area contributed by atoms with Gasteiger partial charge >= 0.3 is 0 Å². The molecule has 22 heavy (non-hydrogen) atoms. The number of hydrogen-bond acceptors (Lipinski definition) is 8. The number of hydrazone groups is 2. The fourth-order valence-corrected chi connectivity index (χ4v) is 1.15. The Morgan fingerprint density at radius 3 is 2.14 bits per heavy atom. The van der Waals surface area contributed by atoms with E-state index < -0.39 is 24.9 Å². The van der Waals surface area contributed by atoms with Gasteiger partial charge in [-0.3, -0.25) is 10.9 Å². The topological polar surface area (TPSA) is 154 Å². The Morgan fingerprint density at radius 1 is 1.09 bits per heavy atom. The van der Waals surface area contributed by atoms with Crippen LogP contribution in [0.25, 0.3) is 0 Å². The van der Waals surface area contributed by atoms with Gasteiger partial charge in [-0.25, -0.2) is 0 Å². The number of nitrogens with one attached hydrogen (secondary N) is 4. The number of aliphatic hydroxyl groups excluding tert-OH is 4. The second-order valence-corrected chi connectivity index (χ2v) is 4.68. The highest BCUT2D eigenvalue weighted by atomic mass is 32.1. The van der Waals surface area contributed by atoms with E-state index in [0.717, 1.165) is 6.21 Å². The van der Waals surface area contributed by atoms with Crippen molar-refractivity contribution in [3.8, 4) is 0 Å². The van der Waals surface area contributed by atoms with Crippen molar-refractivity contribution in [1.29, 1.82) is 0 Å². The highest BCUT2D eigenvalue weighted by Gasteiger charge is 2.27. The van der Waals surface area contributed by atoms with Crippen LogP contribution in [0.15, 0.2) is 10.2 Å². The molecule has 3 atom stereocenters. The molecule has 0 bridgehead atoms. The zero-order chi connectivity index (χ0) is 17.1. The molecule has 0 radical (unpaired) electrons. The smallest absolute Gasteiger partial charge is 0.186 e. The van der Waals surface area contributed by atoms with Crippen LogP contribution in [0.3, 0.4) is 0 Å². The van der Waals surface area contributed by atoms with Crippen LogP contribution in [0.1, 0.15) is 0 Å². The van der Waals surface area contributed by atoms with Crippen molar-refractivity contribution < 1.29 is 20.4 Å². The van der Waals surface area contributed by atoms with Crippen LogP contribution in [0, 0.1) is 0 Å². The largest absolute Gasteiger partial charge is 0.394 e. The third-order valence-electron chi connectivity index (χ3n) is 2.31. The maximum absolute atomic E-state index is 9.96. The number of rotatable bonds is 7. The highest BCUT2D eigenvalue weighted by Crippen LogP contribution is 2.01. The summed E-state index contributed by atoms with van der Waals surface area (Å²) in [5.74, 6) is 0. The molecule has 0 spiro atoms. The van der Waals surface area contributed by atoms with Gasteiger partial charge in [0.15, 0.2) is 10.2 Å². The van der Waals surface area contributed by atoms with Gasteiger partial charge < -0.3 is 31.1 Å². The average molecular weight is 352 g/mol. The Bertz CT molecular complexity index is 434. The predicted molar refractivity (Wildman–Crippen MR) is 90.6 cm³/mol. The van der Waals surface area contributed by atoms with E-state index in [-0.39, 0.29) is 15.9 Å². The second kappa shape index (κ2) is 11.2. The maximum Gasteiger partial charge on any atom is 0.186 e. The zero-order valence-electron chi connectivity index (χ0n) is 12.0. The molecule has 10 nitrogen and oxygen atoms in total. The Labute approximate surface area is 138 Å². The summed E-state index contributed by atoms with van der Waals surface area (Å²) in [5.41, 5.74) is 4.68. The minimum Gasteiger partial charge on any atom is -0.394 e. The molecule has 0 aliphatic carbocycles. The summed E-state index contributed by atoms with van der Waals surface area (Å²) < 4.78 is 0. The molecule has 0 rings (SSSR count). The quantitative estimate of drug-likeness (QED) is 0.132. The van der Waals surface area contributed by atoms with Crippen LogP contribution in [-0.2, 0) is 0 Å². The lowest BCUT2D eigenvalue weighted by atomic mass is 10.0. The van der Waals surface area contributed by atoms with Gasteiger partial charge in [0.25, 0.3) is 0 Å². The first-order valence-corrected chi connectivity index (χ1v) is 6.90. The van der Waals surface area contributed by atoms with Crippen LogP contribution >= 0.6 is 24.4 Å². The number of aliphatic hydroxyl groups is 4. The van der Waals surface area contributed by atoms with E-state index in [1.54, 1.807) is 14.1 Å². The van der Waals surface area contributed by atoms with Crippen LogP contribution in [0.5, 0.6) is 0 Å². The molecule has 0 aromatic carbocycles. The molecule has 12 heteroatoms. The third kappa shape index (κ3) is 7.53. The van der Waals surface area contributed by atoms with Crippen LogP contribution in [-0.4, -0.2) is 81.6 Å². The second-order valence-electron chi connectivity index (χ2n) is 3.86. The standard InChI is InChI=1S/C10H20N6O4S2/c1-11-9(21)15-13-3-5(14-16-10(22)12-2)7(19)8(20)6(18)4-17/h3,6-8,17-20H,4H2,1-2H3,(H2,11,15,21)(H2,12,16,22)/b13-3+,14-5+/t6-,7-,8-/m1/s1. The first-order valence-electron chi connectivity index (χ1n) is 6.08. The molecule has 0 saturated carbocycles. The monoisotopic (exact) mass is 352 g/mol. The number of nitrogens with zero attached hydrogens (tertiary/aromatic N) is 2. The number of thiocarbonyl (C=S) groups is 2. The van der Waals surface area contributed by atoms with E-state index in [0.29, 0.717) is 0 Å². The fourth-order valence-electron chi connectivity index (χ4n) is 1.05. The Hall–Kier alpha value is -1.44. The van der Waals surface area contributed by atoms with E-state index in [1.165, 1.54) is 0 Å². The Morgan fingerprint density at radius 2 is 1.64 bits per heavy atom. The molecule has 0 aliphatic rings. The first kappa shape index (κ1) is 20.6. The fraction of sp³-hybridized carbons (Fsp3) is 0.600. The van der Waals surface area contributed by atoms with E-state index in [4.69, 9.17) is 29.5 Å². The van der Waals surface area contributed by atoms with Crippen LogP contribution < -0.4 is 21.5 Å². The summed E-state index contributed by atoms with van der Waals surface area (Å²) in [6.07, 6.45) is -3.76. The molecule has 0 fully saturated rings. The lowest BCUT2D eigenvalue weighted by molar-refractivity contribution is -0.0549. The lowest BCUT2D eigenvalue weighted by Gasteiger charge is -2.21. The van der Waals surface area contributed by atoms with Gasteiger partial charge in [0.2, 0.25) is 0 Å². The molecular weight excluding hydrogens is 332 g/mol. The summed E-state index contributed by atoms with van der Waals surface area (Å²) in [4.78, 5) is 0. The van der Waals surface area contributed by atoms with Gasteiger partial charge in [-0.15, -0.1) is 0 Å². The van der Waals surface area contributed by atoms with Gasteiger partial charge in [-0.2, -0.15) is 10.2 Å². The first-order chi connectivity index (χ1) is 10.4. The van der Waals surface area contributed by atoms with Crippen molar-refractivity contribution in [2.45, 2.75) is 18.3 Å². The number of hydrogen-bond donors (Lipinski definition) is 8. The van der Waals surface area contributed by atoms with Crippen molar-refractivity contribution in [3.63, 3.8) is 0 Å². The van der Waals surface area contributed by atoms with Gasteiger partial charge in [0.1, 0.15) is 24.0 Å². The molecule has 0 saturated heterocycles. The van der Waals surface area contributed by atoms with E-state index >= 15 is 0 Å². The summed E-state index contributed by atoms with van der Waals surface area (Å²) in [5, 5.41) is 50.9. The Balaban J connectivity index is 5.06. The van der Waals surface area contributed by atoms with Gasteiger partial charge in [-0.1, -0.05) is 0 Å². The minimum atomic E-state index is -1.67. The molecule has 126 valence electrons. The highest BCUT2D eigenvalue weighted by molar-refractivity contribution is 7.80. The Kier molecular flexibility index (Phi) is 10.4. The van der Waals surface area contributed by atoms with Gasteiger partial charge in [0.05, 0.1) is 12.8 Å². The van der Waals surface area contributed by atoms with E-state index in [1.807, 2.05) is 0 Å². The van der Waals surface area contributed by atoms with Crippen molar-refractivity contribution in [2.75, 3.05) is 20.7 Å². The molecule has 0 aromatic heterocycles. The van der Waals surface area contributed by atoms with E-state index in [2.05, 4.69) is 31.7 Å². The molecule has 0 heterocycles. The summed E-state index contributed by atoms with van der Waals surface area (Å²) >= 11 is 9.62. The zero-order valence-corrected chi connectivity index (χ0v) is 13.6. The molecule has 8 N–H and O–H groups in total. The molecule has 0 aromatic rings. The van der Waals surface area contributed by atoms with Crippen molar-refractivity contribution in [2.24, 2.45) is 10.2 Å². The lowest BCUT2D eigenvalue weighted by Crippen LogP contribution is -2.45. The maximum atomic E-state index is 9.96. The van der Waals surface area contributed by atoms with Crippen LogP contribution in [0.2, 0.25) is 0 Å². The molecule has 0 unspecified atom stereocenters. The average Bonchev–Trinajstić information content (AvgIpc) is 2.54.